The number of likely N-dealkylation sites (tertiary alicyclic amines) is 1. The molecule has 1 aliphatic heterocycles. The molecule has 0 unspecified atom stereocenters. The largest absolute Gasteiger partial charge is 0.352 e. The third kappa shape index (κ3) is 4.56. The minimum absolute atomic E-state index is 0.0460. The quantitative estimate of drug-likeness (QED) is 0.874. The zero-order valence-electron chi connectivity index (χ0n) is 12.4. The van der Waals surface area contributed by atoms with Gasteiger partial charge in [0.2, 0.25) is 11.8 Å². The molecule has 1 heterocycles. The summed E-state index contributed by atoms with van der Waals surface area (Å²) in [4.78, 5) is 25.3. The second-order valence-corrected chi connectivity index (χ2v) is 5.60. The molecular weight excluding hydrogens is 266 g/mol. The average molecular weight is 289 g/mol. The van der Waals surface area contributed by atoms with E-state index in [0.29, 0.717) is 13.0 Å². The molecule has 0 spiro atoms. The molecule has 0 bridgehead atoms. The Morgan fingerprint density at radius 2 is 2.10 bits per heavy atom. The van der Waals surface area contributed by atoms with Crippen molar-refractivity contribution in [2.24, 2.45) is 5.73 Å². The van der Waals surface area contributed by atoms with Gasteiger partial charge in [-0.3, -0.25) is 9.59 Å². The van der Waals surface area contributed by atoms with Crippen LogP contribution in [0.5, 0.6) is 0 Å². The molecular formula is C16H23N3O2. The number of carbonyl (C=O) groups excluding carboxylic acids is 2. The van der Waals surface area contributed by atoms with E-state index in [4.69, 9.17) is 5.73 Å². The molecule has 0 radical (unpaired) electrons. The lowest BCUT2D eigenvalue weighted by Gasteiger charge is -2.33. The van der Waals surface area contributed by atoms with Crippen molar-refractivity contribution in [3.05, 3.63) is 35.9 Å². The number of nitrogens with zero attached hydrogens (tertiary/aromatic N) is 1. The summed E-state index contributed by atoms with van der Waals surface area (Å²) in [6.07, 6.45) is 2.14. The van der Waals surface area contributed by atoms with Crippen LogP contribution in [0.25, 0.3) is 0 Å². The smallest absolute Gasteiger partial charge is 0.224 e. The molecule has 5 heteroatoms. The Balaban J connectivity index is 1.89. The maximum atomic E-state index is 12.3. The third-order valence-corrected chi connectivity index (χ3v) is 3.80. The molecule has 1 aliphatic rings. The van der Waals surface area contributed by atoms with E-state index >= 15 is 0 Å². The van der Waals surface area contributed by atoms with Crippen molar-refractivity contribution in [2.75, 3.05) is 13.1 Å². The Morgan fingerprint density at radius 1 is 1.38 bits per heavy atom. The van der Waals surface area contributed by atoms with E-state index in [1.807, 2.05) is 35.2 Å². The van der Waals surface area contributed by atoms with Gasteiger partial charge in [0.15, 0.2) is 0 Å². The Kier molecular flexibility index (Phi) is 5.33. The van der Waals surface area contributed by atoms with Crippen LogP contribution in [0.1, 0.15) is 37.8 Å². The molecule has 0 aromatic heterocycles. The van der Waals surface area contributed by atoms with E-state index in [1.165, 1.54) is 6.92 Å². The van der Waals surface area contributed by atoms with Crippen molar-refractivity contribution in [2.45, 2.75) is 38.3 Å². The second kappa shape index (κ2) is 7.22. The summed E-state index contributed by atoms with van der Waals surface area (Å²) in [5, 5.41) is 2.89. The van der Waals surface area contributed by atoms with Crippen molar-refractivity contribution >= 4 is 11.8 Å². The van der Waals surface area contributed by atoms with Crippen LogP contribution >= 0.6 is 0 Å². The number of carbonyl (C=O) groups is 2. The summed E-state index contributed by atoms with van der Waals surface area (Å²) in [6, 6.07) is 9.44. The highest BCUT2D eigenvalue weighted by atomic mass is 16.2. The van der Waals surface area contributed by atoms with Crippen LogP contribution in [-0.4, -0.2) is 35.8 Å². The number of hydrogen-bond donors (Lipinski definition) is 2. The van der Waals surface area contributed by atoms with Crippen LogP contribution in [0.2, 0.25) is 0 Å². The summed E-state index contributed by atoms with van der Waals surface area (Å²) in [5.41, 5.74) is 7.07. The molecule has 1 aromatic carbocycles. The van der Waals surface area contributed by atoms with Gasteiger partial charge >= 0.3 is 0 Å². The first-order valence-corrected chi connectivity index (χ1v) is 7.41. The van der Waals surface area contributed by atoms with Crippen molar-refractivity contribution in [3.8, 4) is 0 Å². The highest BCUT2D eigenvalue weighted by molar-refractivity contribution is 5.77. The zero-order chi connectivity index (χ0) is 15.2. The van der Waals surface area contributed by atoms with Gasteiger partial charge in [-0.25, -0.2) is 0 Å². The number of nitrogens with two attached hydrogens (primary N) is 1. The standard InChI is InChI=1S/C16H23N3O2/c1-12(20)18-14-8-5-9-19(11-14)16(21)10-15(17)13-6-3-2-4-7-13/h2-4,6-7,14-15H,5,8-11,17H2,1H3,(H,18,20)/t14-,15-/m1/s1. The van der Waals surface area contributed by atoms with Gasteiger partial charge in [0.25, 0.3) is 0 Å². The van der Waals surface area contributed by atoms with E-state index in [-0.39, 0.29) is 23.9 Å². The number of benzene rings is 1. The number of nitrogens with one attached hydrogen (secondary N) is 1. The fourth-order valence-electron chi connectivity index (χ4n) is 2.74. The predicted octanol–water partition coefficient (Wildman–Crippen LogP) is 1.20. The van der Waals surface area contributed by atoms with E-state index < -0.39 is 0 Å². The van der Waals surface area contributed by atoms with Gasteiger partial charge in [-0.1, -0.05) is 30.3 Å². The summed E-state index contributed by atoms with van der Waals surface area (Å²) >= 11 is 0. The van der Waals surface area contributed by atoms with Crippen molar-refractivity contribution in [1.29, 1.82) is 0 Å². The van der Waals surface area contributed by atoms with E-state index in [0.717, 1.165) is 24.9 Å². The van der Waals surface area contributed by atoms with Gasteiger partial charge in [-0.05, 0) is 18.4 Å². The Morgan fingerprint density at radius 3 is 2.76 bits per heavy atom. The van der Waals surface area contributed by atoms with Crippen molar-refractivity contribution in [3.63, 3.8) is 0 Å². The van der Waals surface area contributed by atoms with E-state index in [2.05, 4.69) is 5.32 Å². The molecule has 0 saturated carbocycles. The van der Waals surface area contributed by atoms with E-state index in [1.54, 1.807) is 0 Å². The molecule has 21 heavy (non-hydrogen) atoms. The molecule has 2 rings (SSSR count). The molecule has 114 valence electrons. The molecule has 2 atom stereocenters. The number of piperidine rings is 1. The molecule has 3 N–H and O–H groups in total. The zero-order valence-corrected chi connectivity index (χ0v) is 12.4. The Labute approximate surface area is 125 Å². The Bertz CT molecular complexity index is 490. The fraction of sp³-hybridized carbons (Fsp3) is 0.500. The van der Waals surface area contributed by atoms with Gasteiger partial charge in [-0.2, -0.15) is 0 Å². The Hall–Kier alpha value is -1.88. The lowest BCUT2D eigenvalue weighted by molar-refractivity contribution is -0.133. The summed E-state index contributed by atoms with van der Waals surface area (Å²) in [6.45, 7) is 2.84. The van der Waals surface area contributed by atoms with Crippen LogP contribution in [0.15, 0.2) is 30.3 Å². The number of hydrogen-bond acceptors (Lipinski definition) is 3. The summed E-state index contributed by atoms with van der Waals surface area (Å²) < 4.78 is 0. The van der Waals surface area contributed by atoms with Crippen molar-refractivity contribution < 1.29 is 9.59 Å². The molecule has 1 aromatic rings. The van der Waals surface area contributed by atoms with Crippen LogP contribution < -0.4 is 11.1 Å². The van der Waals surface area contributed by atoms with E-state index in [9.17, 15) is 9.59 Å². The monoisotopic (exact) mass is 289 g/mol. The first-order valence-electron chi connectivity index (χ1n) is 7.41. The fourth-order valence-corrected chi connectivity index (χ4v) is 2.74. The van der Waals surface area contributed by atoms with Gasteiger partial charge in [0.05, 0.1) is 0 Å². The second-order valence-electron chi connectivity index (χ2n) is 5.60. The first-order chi connectivity index (χ1) is 10.1. The van der Waals surface area contributed by atoms with Gasteiger partial charge < -0.3 is 16.0 Å². The van der Waals surface area contributed by atoms with Crippen LogP contribution in [0.3, 0.4) is 0 Å². The lowest BCUT2D eigenvalue weighted by Crippen LogP contribution is -2.49. The molecule has 0 aliphatic carbocycles. The maximum absolute atomic E-state index is 12.3. The van der Waals surface area contributed by atoms with Crippen molar-refractivity contribution in [1.82, 2.24) is 10.2 Å². The molecule has 1 fully saturated rings. The predicted molar refractivity (Wildman–Crippen MR) is 81.4 cm³/mol. The summed E-state index contributed by atoms with van der Waals surface area (Å²) in [7, 11) is 0. The normalized spacial score (nSPS) is 19.9. The minimum atomic E-state index is -0.278. The van der Waals surface area contributed by atoms with Gasteiger partial charge in [0, 0.05) is 38.5 Å². The highest BCUT2D eigenvalue weighted by Gasteiger charge is 2.25. The minimum Gasteiger partial charge on any atom is -0.352 e. The highest BCUT2D eigenvalue weighted by Crippen LogP contribution is 2.17. The van der Waals surface area contributed by atoms with Crippen LogP contribution in [-0.2, 0) is 9.59 Å². The molecule has 2 amide bonds. The SMILES string of the molecule is CC(=O)N[C@@H]1CCCN(C(=O)C[C@@H](N)c2ccccc2)C1. The topological polar surface area (TPSA) is 75.4 Å². The van der Waals surface area contributed by atoms with Crippen LogP contribution in [0.4, 0.5) is 0 Å². The van der Waals surface area contributed by atoms with Gasteiger partial charge in [-0.15, -0.1) is 0 Å². The van der Waals surface area contributed by atoms with Crippen LogP contribution in [0, 0.1) is 0 Å². The van der Waals surface area contributed by atoms with Gasteiger partial charge in [0.1, 0.15) is 0 Å². The third-order valence-electron chi connectivity index (χ3n) is 3.80. The maximum Gasteiger partial charge on any atom is 0.224 e. The molecule has 5 nitrogen and oxygen atoms in total. The molecule has 1 saturated heterocycles. The number of rotatable bonds is 4. The first kappa shape index (κ1) is 15.5. The average Bonchev–Trinajstić information content (AvgIpc) is 2.47. The summed E-state index contributed by atoms with van der Waals surface area (Å²) in [5.74, 6) is 0.0108. The lowest BCUT2D eigenvalue weighted by atomic mass is 10.0. The number of amides is 2.